The summed E-state index contributed by atoms with van der Waals surface area (Å²) in [7, 11) is 1.73. The molecule has 0 bridgehead atoms. The van der Waals surface area contributed by atoms with Gasteiger partial charge in [0, 0.05) is 19.7 Å². The minimum Gasteiger partial charge on any atom is -0.382 e. The predicted molar refractivity (Wildman–Crippen MR) is 78.5 cm³/mol. The SMILES string of the molecule is CCCN(CCC)Cc1cccc([N+](=O)[O-])c1NC. The molecule has 19 heavy (non-hydrogen) atoms. The van der Waals surface area contributed by atoms with Crippen molar-refractivity contribution in [3.63, 3.8) is 0 Å². The average Bonchev–Trinajstić information content (AvgIpc) is 2.39. The van der Waals surface area contributed by atoms with Crippen LogP contribution >= 0.6 is 0 Å². The van der Waals surface area contributed by atoms with Gasteiger partial charge in [-0.3, -0.25) is 15.0 Å². The van der Waals surface area contributed by atoms with E-state index in [0.29, 0.717) is 5.69 Å². The first-order chi connectivity index (χ1) is 9.13. The van der Waals surface area contributed by atoms with Gasteiger partial charge in [0.25, 0.3) is 5.69 Å². The second kappa shape index (κ2) is 7.74. The summed E-state index contributed by atoms with van der Waals surface area (Å²) in [5, 5.41) is 14.0. The van der Waals surface area contributed by atoms with Crippen LogP contribution in [0.1, 0.15) is 32.3 Å². The maximum atomic E-state index is 11.0. The van der Waals surface area contributed by atoms with Gasteiger partial charge in [-0.1, -0.05) is 26.0 Å². The molecule has 5 heteroatoms. The largest absolute Gasteiger partial charge is 0.382 e. The topological polar surface area (TPSA) is 58.4 Å². The van der Waals surface area contributed by atoms with Gasteiger partial charge in [0.05, 0.1) is 4.92 Å². The fraction of sp³-hybridized carbons (Fsp3) is 0.571. The van der Waals surface area contributed by atoms with Gasteiger partial charge in [0.1, 0.15) is 5.69 Å². The second-order valence-corrected chi connectivity index (χ2v) is 4.59. The van der Waals surface area contributed by atoms with Gasteiger partial charge < -0.3 is 5.32 Å². The number of nitro groups is 1. The lowest BCUT2D eigenvalue weighted by Gasteiger charge is -2.22. The molecule has 0 amide bonds. The Kier molecular flexibility index (Phi) is 6.29. The molecule has 0 atom stereocenters. The number of nitrogens with one attached hydrogen (secondary N) is 1. The Hall–Kier alpha value is -1.62. The van der Waals surface area contributed by atoms with E-state index in [1.807, 2.05) is 6.07 Å². The van der Waals surface area contributed by atoms with Crippen LogP contribution in [0.5, 0.6) is 0 Å². The third-order valence-electron chi connectivity index (χ3n) is 3.05. The van der Waals surface area contributed by atoms with Gasteiger partial charge in [0.15, 0.2) is 0 Å². The molecular formula is C14H23N3O2. The molecule has 0 saturated heterocycles. The Morgan fingerprint density at radius 3 is 2.37 bits per heavy atom. The normalized spacial score (nSPS) is 10.7. The zero-order chi connectivity index (χ0) is 14.3. The molecule has 1 rings (SSSR count). The van der Waals surface area contributed by atoms with Gasteiger partial charge in [0.2, 0.25) is 0 Å². The highest BCUT2D eigenvalue weighted by Crippen LogP contribution is 2.28. The van der Waals surface area contributed by atoms with Crippen molar-refractivity contribution in [2.24, 2.45) is 0 Å². The van der Waals surface area contributed by atoms with Crippen LogP contribution in [-0.4, -0.2) is 30.0 Å². The molecule has 5 nitrogen and oxygen atoms in total. The summed E-state index contributed by atoms with van der Waals surface area (Å²) in [4.78, 5) is 13.0. The molecule has 0 aromatic heterocycles. The number of nitro benzene ring substituents is 1. The molecule has 0 aliphatic heterocycles. The zero-order valence-corrected chi connectivity index (χ0v) is 12.0. The lowest BCUT2D eigenvalue weighted by atomic mass is 10.1. The number of para-hydroxylation sites is 1. The third kappa shape index (κ3) is 4.21. The standard InChI is InChI=1S/C14H23N3O2/c1-4-9-16(10-5-2)11-12-7-6-8-13(17(18)19)14(12)15-3/h6-8,15H,4-5,9-11H2,1-3H3. The van der Waals surface area contributed by atoms with E-state index in [-0.39, 0.29) is 10.6 Å². The summed E-state index contributed by atoms with van der Waals surface area (Å²) in [6.07, 6.45) is 2.17. The van der Waals surface area contributed by atoms with Crippen molar-refractivity contribution in [3.05, 3.63) is 33.9 Å². The van der Waals surface area contributed by atoms with E-state index in [9.17, 15) is 10.1 Å². The highest BCUT2D eigenvalue weighted by Gasteiger charge is 2.17. The van der Waals surface area contributed by atoms with Crippen molar-refractivity contribution >= 4 is 11.4 Å². The molecule has 0 aliphatic carbocycles. The average molecular weight is 265 g/mol. The molecule has 0 aliphatic rings. The summed E-state index contributed by atoms with van der Waals surface area (Å²) in [5.74, 6) is 0. The molecule has 0 unspecified atom stereocenters. The molecular weight excluding hydrogens is 242 g/mol. The van der Waals surface area contributed by atoms with E-state index in [2.05, 4.69) is 24.1 Å². The Labute approximate surface area is 114 Å². The molecule has 0 fully saturated rings. The predicted octanol–water partition coefficient (Wildman–Crippen LogP) is 3.26. The second-order valence-electron chi connectivity index (χ2n) is 4.59. The van der Waals surface area contributed by atoms with Crippen LogP contribution in [0.3, 0.4) is 0 Å². The maximum Gasteiger partial charge on any atom is 0.292 e. The highest BCUT2D eigenvalue weighted by molar-refractivity contribution is 5.66. The van der Waals surface area contributed by atoms with Crippen LogP contribution in [0, 0.1) is 10.1 Å². The Morgan fingerprint density at radius 2 is 1.89 bits per heavy atom. The van der Waals surface area contributed by atoms with Crippen LogP contribution in [0.15, 0.2) is 18.2 Å². The van der Waals surface area contributed by atoms with Crippen molar-refractivity contribution in [2.45, 2.75) is 33.2 Å². The van der Waals surface area contributed by atoms with Crippen LogP contribution in [0.4, 0.5) is 11.4 Å². The van der Waals surface area contributed by atoms with Crippen LogP contribution in [0.2, 0.25) is 0 Å². The first kappa shape index (κ1) is 15.4. The summed E-state index contributed by atoms with van der Waals surface area (Å²) in [6.45, 7) is 7.07. The number of rotatable bonds is 8. The fourth-order valence-corrected chi connectivity index (χ4v) is 2.30. The first-order valence-electron chi connectivity index (χ1n) is 6.80. The van der Waals surface area contributed by atoms with Gasteiger partial charge in [-0.05, 0) is 31.5 Å². The number of nitrogens with zero attached hydrogens (tertiary/aromatic N) is 2. The quantitative estimate of drug-likeness (QED) is 0.579. The van der Waals surface area contributed by atoms with E-state index < -0.39 is 0 Å². The van der Waals surface area contributed by atoms with E-state index in [1.54, 1.807) is 19.2 Å². The summed E-state index contributed by atoms with van der Waals surface area (Å²) in [5.41, 5.74) is 1.76. The van der Waals surface area contributed by atoms with Crippen LogP contribution in [-0.2, 0) is 6.54 Å². The van der Waals surface area contributed by atoms with E-state index in [4.69, 9.17) is 0 Å². The van der Waals surface area contributed by atoms with Gasteiger partial charge >= 0.3 is 0 Å². The lowest BCUT2D eigenvalue weighted by Crippen LogP contribution is -2.25. The Bertz CT molecular complexity index is 415. The third-order valence-corrected chi connectivity index (χ3v) is 3.05. The smallest absolute Gasteiger partial charge is 0.292 e. The van der Waals surface area contributed by atoms with Crippen molar-refractivity contribution < 1.29 is 4.92 Å². The fourth-order valence-electron chi connectivity index (χ4n) is 2.30. The molecule has 1 aromatic rings. The zero-order valence-electron chi connectivity index (χ0n) is 12.0. The number of anilines is 1. The molecule has 0 spiro atoms. The molecule has 1 N–H and O–H groups in total. The van der Waals surface area contributed by atoms with Crippen molar-refractivity contribution in [1.82, 2.24) is 4.90 Å². The Balaban J connectivity index is 2.98. The number of hydrogen-bond acceptors (Lipinski definition) is 4. The monoisotopic (exact) mass is 265 g/mol. The van der Waals surface area contributed by atoms with Crippen LogP contribution in [0.25, 0.3) is 0 Å². The Morgan fingerprint density at radius 1 is 1.26 bits per heavy atom. The van der Waals surface area contributed by atoms with E-state index >= 15 is 0 Å². The van der Waals surface area contributed by atoms with E-state index in [0.717, 1.165) is 38.0 Å². The minimum atomic E-state index is -0.334. The van der Waals surface area contributed by atoms with Gasteiger partial charge in [-0.15, -0.1) is 0 Å². The van der Waals surface area contributed by atoms with Crippen molar-refractivity contribution in [3.8, 4) is 0 Å². The molecule has 0 heterocycles. The number of hydrogen-bond donors (Lipinski definition) is 1. The minimum absolute atomic E-state index is 0.146. The highest BCUT2D eigenvalue weighted by atomic mass is 16.6. The van der Waals surface area contributed by atoms with Gasteiger partial charge in [-0.2, -0.15) is 0 Å². The summed E-state index contributed by atoms with van der Waals surface area (Å²) < 4.78 is 0. The molecule has 106 valence electrons. The first-order valence-corrected chi connectivity index (χ1v) is 6.80. The maximum absolute atomic E-state index is 11.0. The number of benzene rings is 1. The van der Waals surface area contributed by atoms with Crippen molar-refractivity contribution in [1.29, 1.82) is 0 Å². The van der Waals surface area contributed by atoms with E-state index in [1.165, 1.54) is 0 Å². The lowest BCUT2D eigenvalue weighted by molar-refractivity contribution is -0.384. The summed E-state index contributed by atoms with van der Waals surface area (Å²) in [6, 6.07) is 5.25. The summed E-state index contributed by atoms with van der Waals surface area (Å²) >= 11 is 0. The molecule has 0 saturated carbocycles. The molecule has 0 radical (unpaired) electrons. The van der Waals surface area contributed by atoms with Crippen LogP contribution < -0.4 is 5.32 Å². The van der Waals surface area contributed by atoms with Gasteiger partial charge in [-0.25, -0.2) is 0 Å². The van der Waals surface area contributed by atoms with Crippen molar-refractivity contribution in [2.75, 3.05) is 25.5 Å². The molecule has 1 aromatic carbocycles.